The van der Waals surface area contributed by atoms with E-state index >= 15 is 0 Å². The molecule has 0 amide bonds. The summed E-state index contributed by atoms with van der Waals surface area (Å²) in [6.07, 6.45) is -2.65. The Balaban J connectivity index is 2.32. The topological polar surface area (TPSA) is 88.1 Å². The maximum atomic E-state index is 11.7. The number of aryl methyl sites for hydroxylation is 2. The number of thioether (sulfide) groups is 1. The second kappa shape index (κ2) is 9.65. The SMILES string of the molecule is CC(=O)O[C@@H]1[C@@H](OC(C)=O)[C@@H](Oc2cc(C)c(Br)c(C)c2)SC[C@H]1OC(C)=O. The van der Waals surface area contributed by atoms with E-state index in [-0.39, 0.29) is 0 Å². The van der Waals surface area contributed by atoms with E-state index in [1.54, 1.807) is 0 Å². The Morgan fingerprint density at radius 1 is 0.929 bits per heavy atom. The Labute approximate surface area is 176 Å². The van der Waals surface area contributed by atoms with E-state index in [0.29, 0.717) is 11.5 Å². The summed E-state index contributed by atoms with van der Waals surface area (Å²) in [5, 5.41) is 0. The lowest BCUT2D eigenvalue weighted by Gasteiger charge is -2.40. The molecule has 1 aromatic carbocycles. The van der Waals surface area contributed by atoms with Gasteiger partial charge in [-0.25, -0.2) is 0 Å². The van der Waals surface area contributed by atoms with Gasteiger partial charge < -0.3 is 18.9 Å². The van der Waals surface area contributed by atoms with E-state index in [2.05, 4.69) is 15.9 Å². The first-order chi connectivity index (χ1) is 13.1. The fourth-order valence-corrected chi connectivity index (χ4v) is 4.36. The molecule has 0 N–H and O–H groups in total. The maximum Gasteiger partial charge on any atom is 0.303 e. The molecule has 1 aliphatic rings. The lowest BCUT2D eigenvalue weighted by molar-refractivity contribution is -0.186. The molecule has 1 heterocycles. The van der Waals surface area contributed by atoms with Crippen LogP contribution in [0, 0.1) is 13.8 Å². The first kappa shape index (κ1) is 22.5. The number of esters is 3. The van der Waals surface area contributed by atoms with Gasteiger partial charge in [0.15, 0.2) is 23.7 Å². The third kappa shape index (κ3) is 5.88. The molecule has 9 heteroatoms. The first-order valence-corrected chi connectivity index (χ1v) is 10.5. The highest BCUT2D eigenvalue weighted by Crippen LogP contribution is 2.35. The van der Waals surface area contributed by atoms with Crippen LogP contribution in [0.2, 0.25) is 0 Å². The van der Waals surface area contributed by atoms with Crippen LogP contribution in [0.25, 0.3) is 0 Å². The van der Waals surface area contributed by atoms with Crippen LogP contribution in [0.1, 0.15) is 31.9 Å². The number of carbonyl (C=O) groups excluding carboxylic acids is 3. The number of halogens is 1. The average molecular weight is 475 g/mol. The molecule has 0 spiro atoms. The van der Waals surface area contributed by atoms with Crippen molar-refractivity contribution >= 4 is 45.6 Å². The predicted molar refractivity (Wildman–Crippen MR) is 107 cm³/mol. The molecule has 7 nitrogen and oxygen atoms in total. The summed E-state index contributed by atoms with van der Waals surface area (Å²) in [6, 6.07) is 3.73. The largest absolute Gasteiger partial charge is 0.476 e. The molecule has 1 aliphatic heterocycles. The summed E-state index contributed by atoms with van der Waals surface area (Å²) in [5.74, 6) is -0.708. The van der Waals surface area contributed by atoms with E-state index in [4.69, 9.17) is 18.9 Å². The van der Waals surface area contributed by atoms with E-state index in [1.165, 1.54) is 32.5 Å². The van der Waals surface area contributed by atoms with E-state index < -0.39 is 41.7 Å². The summed E-state index contributed by atoms with van der Waals surface area (Å²) < 4.78 is 23.1. The third-order valence-corrected chi connectivity index (χ3v) is 6.43. The van der Waals surface area contributed by atoms with Crippen LogP contribution in [0.3, 0.4) is 0 Å². The lowest BCUT2D eigenvalue weighted by atomic mass is 10.1. The molecule has 0 bridgehead atoms. The fourth-order valence-electron chi connectivity index (χ4n) is 2.92. The van der Waals surface area contributed by atoms with Gasteiger partial charge in [0.25, 0.3) is 0 Å². The molecule has 28 heavy (non-hydrogen) atoms. The molecular weight excluding hydrogens is 452 g/mol. The molecule has 4 atom stereocenters. The molecule has 2 rings (SSSR count). The maximum absolute atomic E-state index is 11.7. The second-order valence-electron chi connectivity index (χ2n) is 6.49. The molecule has 0 saturated carbocycles. The van der Waals surface area contributed by atoms with Gasteiger partial charge in [-0.2, -0.15) is 0 Å². The van der Waals surface area contributed by atoms with Crippen LogP contribution in [0.15, 0.2) is 16.6 Å². The number of carbonyl (C=O) groups is 3. The Morgan fingerprint density at radius 2 is 1.43 bits per heavy atom. The van der Waals surface area contributed by atoms with E-state index in [0.717, 1.165) is 15.6 Å². The van der Waals surface area contributed by atoms with Gasteiger partial charge in [-0.15, -0.1) is 11.8 Å². The second-order valence-corrected chi connectivity index (χ2v) is 8.41. The summed E-state index contributed by atoms with van der Waals surface area (Å²) >= 11 is 4.84. The molecule has 1 aromatic rings. The van der Waals surface area contributed by atoms with Crippen molar-refractivity contribution in [1.82, 2.24) is 0 Å². The first-order valence-electron chi connectivity index (χ1n) is 8.65. The van der Waals surface area contributed by atoms with Crippen molar-refractivity contribution < 1.29 is 33.3 Å². The van der Waals surface area contributed by atoms with Gasteiger partial charge in [0.05, 0.1) is 0 Å². The molecular formula is C19H23BrO7S. The zero-order chi connectivity index (χ0) is 21.0. The average Bonchev–Trinajstić information content (AvgIpc) is 2.56. The summed E-state index contributed by atoms with van der Waals surface area (Å²) in [4.78, 5) is 34.7. The van der Waals surface area contributed by atoms with Crippen LogP contribution in [-0.4, -0.2) is 47.4 Å². The third-order valence-electron chi connectivity index (χ3n) is 3.97. The van der Waals surface area contributed by atoms with Crippen molar-refractivity contribution in [3.8, 4) is 5.75 Å². The molecule has 0 aromatic heterocycles. The van der Waals surface area contributed by atoms with Crippen molar-refractivity contribution in [3.05, 3.63) is 27.7 Å². The van der Waals surface area contributed by atoms with Crippen LogP contribution in [0.4, 0.5) is 0 Å². The Morgan fingerprint density at radius 3 is 1.93 bits per heavy atom. The van der Waals surface area contributed by atoms with Crippen LogP contribution in [-0.2, 0) is 28.6 Å². The van der Waals surface area contributed by atoms with Gasteiger partial charge in [-0.3, -0.25) is 14.4 Å². The molecule has 0 aliphatic carbocycles. The highest BCUT2D eigenvalue weighted by atomic mass is 79.9. The number of hydrogen-bond donors (Lipinski definition) is 0. The smallest absolute Gasteiger partial charge is 0.303 e. The van der Waals surface area contributed by atoms with Crippen molar-refractivity contribution in [1.29, 1.82) is 0 Å². The quantitative estimate of drug-likeness (QED) is 0.474. The Kier molecular flexibility index (Phi) is 7.77. The van der Waals surface area contributed by atoms with E-state index in [9.17, 15) is 14.4 Å². The standard InChI is InChI=1S/C19H23BrO7S/c1-9-6-14(7-10(2)16(9)20)27-19-18(26-13(5)23)17(25-12(4)22)15(8-28-19)24-11(3)21/h6-7,15,17-19H,8H2,1-5H3/t15-,17+,18-,19+/m1/s1. The highest BCUT2D eigenvalue weighted by Gasteiger charge is 2.47. The van der Waals surface area contributed by atoms with Gasteiger partial charge in [0.1, 0.15) is 5.75 Å². The zero-order valence-corrected chi connectivity index (χ0v) is 18.7. The van der Waals surface area contributed by atoms with Gasteiger partial charge in [0.2, 0.25) is 0 Å². The van der Waals surface area contributed by atoms with Crippen molar-refractivity contribution in [2.45, 2.75) is 58.4 Å². The zero-order valence-electron chi connectivity index (χ0n) is 16.3. The van der Waals surface area contributed by atoms with Crippen LogP contribution in [0.5, 0.6) is 5.75 Å². The minimum atomic E-state index is -0.964. The van der Waals surface area contributed by atoms with Crippen LogP contribution >= 0.6 is 27.7 Å². The minimum Gasteiger partial charge on any atom is -0.476 e. The number of rotatable bonds is 5. The minimum absolute atomic E-state index is 0.328. The number of ether oxygens (including phenoxy) is 4. The van der Waals surface area contributed by atoms with Crippen molar-refractivity contribution in [2.75, 3.05) is 5.75 Å². The summed E-state index contributed by atoms with van der Waals surface area (Å²) in [6.45, 7) is 7.66. The van der Waals surface area contributed by atoms with Crippen molar-refractivity contribution in [3.63, 3.8) is 0 Å². The number of benzene rings is 1. The molecule has 0 unspecified atom stereocenters. The highest BCUT2D eigenvalue weighted by molar-refractivity contribution is 9.10. The predicted octanol–water partition coefficient (Wildman–Crippen LogP) is 3.31. The summed E-state index contributed by atoms with van der Waals surface area (Å²) in [7, 11) is 0. The Hall–Kier alpha value is -1.74. The molecule has 1 saturated heterocycles. The Bertz CT molecular complexity index is 744. The van der Waals surface area contributed by atoms with Gasteiger partial charge in [-0.1, -0.05) is 15.9 Å². The number of hydrogen-bond acceptors (Lipinski definition) is 8. The fraction of sp³-hybridized carbons (Fsp3) is 0.526. The van der Waals surface area contributed by atoms with Crippen LogP contribution < -0.4 is 4.74 Å². The molecule has 0 radical (unpaired) electrons. The van der Waals surface area contributed by atoms with Gasteiger partial charge in [0, 0.05) is 31.0 Å². The normalized spacial score (nSPS) is 24.2. The van der Waals surface area contributed by atoms with Crippen molar-refractivity contribution in [2.24, 2.45) is 0 Å². The van der Waals surface area contributed by atoms with E-state index in [1.807, 2.05) is 26.0 Å². The van der Waals surface area contributed by atoms with Gasteiger partial charge >= 0.3 is 17.9 Å². The summed E-state index contributed by atoms with van der Waals surface area (Å²) in [5.41, 5.74) is 1.35. The van der Waals surface area contributed by atoms with Gasteiger partial charge in [-0.05, 0) is 37.1 Å². The molecule has 1 fully saturated rings. The monoisotopic (exact) mass is 474 g/mol. The lowest BCUT2D eigenvalue weighted by Crippen LogP contribution is -2.55. The molecule has 154 valence electrons.